The SMILES string of the molecule is C=CCN(CCC)C(=O)[C@@H]1[C@H]2C(=O)N(CCCCCO)C(C(=O)N(CC=C)C3CCCCC3)C23S[C@@H]1CC3C. The van der Waals surface area contributed by atoms with Crippen LogP contribution in [0.3, 0.4) is 0 Å². The van der Waals surface area contributed by atoms with Crippen molar-refractivity contribution in [2.24, 2.45) is 17.8 Å². The Hall–Kier alpha value is -1.80. The molecule has 0 radical (unpaired) electrons. The number of likely N-dealkylation sites (tertiary alicyclic amines) is 1. The van der Waals surface area contributed by atoms with E-state index in [9.17, 15) is 19.5 Å². The van der Waals surface area contributed by atoms with Crippen LogP contribution in [0.5, 0.6) is 0 Å². The van der Waals surface area contributed by atoms with E-state index in [4.69, 9.17) is 0 Å². The molecule has 1 N–H and O–H groups in total. The first-order valence-corrected chi connectivity index (χ1v) is 16.1. The lowest BCUT2D eigenvalue weighted by Crippen LogP contribution is -2.59. The number of nitrogens with zero attached hydrogens (tertiary/aromatic N) is 3. The van der Waals surface area contributed by atoms with Crippen LogP contribution in [0.4, 0.5) is 0 Å². The zero-order chi connectivity index (χ0) is 28.2. The fourth-order valence-corrected chi connectivity index (χ4v) is 10.3. The van der Waals surface area contributed by atoms with Gasteiger partial charge in [0.05, 0.1) is 16.6 Å². The zero-order valence-electron chi connectivity index (χ0n) is 24.1. The molecule has 3 saturated heterocycles. The summed E-state index contributed by atoms with van der Waals surface area (Å²) < 4.78 is -0.587. The number of rotatable bonds is 14. The number of hydrogen-bond donors (Lipinski definition) is 1. The molecule has 6 atom stereocenters. The third-order valence-corrected chi connectivity index (χ3v) is 11.7. The van der Waals surface area contributed by atoms with Crippen LogP contribution in [0.15, 0.2) is 25.3 Å². The van der Waals surface area contributed by atoms with Gasteiger partial charge in [-0.1, -0.05) is 45.3 Å². The number of carbonyl (C=O) groups is 3. The largest absolute Gasteiger partial charge is 0.396 e. The molecule has 1 aliphatic carbocycles. The normalized spacial score (nSPS) is 31.8. The number of hydrogen-bond acceptors (Lipinski definition) is 5. The lowest BCUT2D eigenvalue weighted by atomic mass is 9.65. The molecule has 7 nitrogen and oxygen atoms in total. The number of unbranched alkanes of at least 4 members (excludes halogenated alkanes) is 2. The molecule has 8 heteroatoms. The summed E-state index contributed by atoms with van der Waals surface area (Å²) in [4.78, 5) is 48.8. The molecule has 2 bridgehead atoms. The molecule has 4 fully saturated rings. The minimum Gasteiger partial charge on any atom is -0.396 e. The van der Waals surface area contributed by atoms with Crippen LogP contribution in [-0.4, -0.2) is 92.4 Å². The van der Waals surface area contributed by atoms with Crippen molar-refractivity contribution in [3.63, 3.8) is 0 Å². The van der Waals surface area contributed by atoms with Crippen molar-refractivity contribution in [3.05, 3.63) is 25.3 Å². The van der Waals surface area contributed by atoms with Crippen LogP contribution in [0.1, 0.15) is 78.1 Å². The Morgan fingerprint density at radius 2 is 1.82 bits per heavy atom. The van der Waals surface area contributed by atoms with Crippen molar-refractivity contribution < 1.29 is 19.5 Å². The molecule has 3 heterocycles. The summed E-state index contributed by atoms with van der Waals surface area (Å²) in [5.41, 5.74) is 0. The number of aliphatic hydroxyl groups is 1. The van der Waals surface area contributed by atoms with E-state index in [1.807, 2.05) is 20.8 Å². The van der Waals surface area contributed by atoms with Crippen LogP contribution in [0.25, 0.3) is 0 Å². The Morgan fingerprint density at radius 3 is 2.46 bits per heavy atom. The van der Waals surface area contributed by atoms with Gasteiger partial charge in [0.15, 0.2) is 0 Å². The van der Waals surface area contributed by atoms with Crippen molar-refractivity contribution in [2.75, 3.05) is 32.8 Å². The predicted molar refractivity (Wildman–Crippen MR) is 157 cm³/mol. The van der Waals surface area contributed by atoms with Crippen LogP contribution < -0.4 is 0 Å². The van der Waals surface area contributed by atoms with Crippen molar-refractivity contribution in [1.29, 1.82) is 0 Å². The lowest BCUT2D eigenvalue weighted by molar-refractivity contribution is -0.145. The van der Waals surface area contributed by atoms with Gasteiger partial charge in [0.25, 0.3) is 0 Å². The predicted octanol–water partition coefficient (Wildman–Crippen LogP) is 4.26. The maximum Gasteiger partial charge on any atom is 0.247 e. The summed E-state index contributed by atoms with van der Waals surface area (Å²) in [5, 5.41) is 9.36. The highest BCUT2D eigenvalue weighted by Crippen LogP contribution is 2.69. The van der Waals surface area contributed by atoms with Crippen molar-refractivity contribution in [2.45, 2.75) is 100 Å². The van der Waals surface area contributed by atoms with E-state index < -0.39 is 22.6 Å². The second-order valence-corrected chi connectivity index (χ2v) is 13.6. The average molecular weight is 560 g/mol. The highest BCUT2D eigenvalue weighted by atomic mass is 32.2. The highest BCUT2D eigenvalue weighted by Gasteiger charge is 2.76. The summed E-state index contributed by atoms with van der Waals surface area (Å²) in [6, 6.07) is -0.386. The number of amides is 3. The van der Waals surface area contributed by atoms with E-state index in [0.29, 0.717) is 32.6 Å². The summed E-state index contributed by atoms with van der Waals surface area (Å²) in [5.74, 6) is -0.635. The van der Waals surface area contributed by atoms with Gasteiger partial charge >= 0.3 is 0 Å². The van der Waals surface area contributed by atoms with Gasteiger partial charge in [0, 0.05) is 44.1 Å². The van der Waals surface area contributed by atoms with Gasteiger partial charge < -0.3 is 19.8 Å². The maximum absolute atomic E-state index is 14.7. The maximum atomic E-state index is 14.7. The van der Waals surface area contributed by atoms with Gasteiger partial charge in [-0.25, -0.2) is 0 Å². The summed E-state index contributed by atoms with van der Waals surface area (Å²) in [6.07, 6.45) is 12.9. The highest BCUT2D eigenvalue weighted by molar-refractivity contribution is 8.02. The first-order valence-electron chi connectivity index (χ1n) is 15.3. The molecule has 1 spiro atoms. The Bertz CT molecular complexity index is 922. The second kappa shape index (κ2) is 13.2. The molecule has 0 aromatic carbocycles. The summed E-state index contributed by atoms with van der Waals surface area (Å²) in [7, 11) is 0. The second-order valence-electron chi connectivity index (χ2n) is 12.0. The molecule has 1 saturated carbocycles. The van der Waals surface area contributed by atoms with E-state index in [1.54, 1.807) is 17.8 Å². The molecular formula is C31H49N3O4S. The van der Waals surface area contributed by atoms with Gasteiger partial charge in [0.2, 0.25) is 17.7 Å². The smallest absolute Gasteiger partial charge is 0.247 e. The van der Waals surface area contributed by atoms with Gasteiger partial charge in [0.1, 0.15) is 6.04 Å². The Labute approximate surface area is 239 Å². The van der Waals surface area contributed by atoms with E-state index in [2.05, 4.69) is 27.0 Å². The first-order chi connectivity index (χ1) is 18.9. The third-order valence-electron chi connectivity index (χ3n) is 9.60. The Morgan fingerprint density at radius 1 is 1.10 bits per heavy atom. The zero-order valence-corrected chi connectivity index (χ0v) is 24.9. The fourth-order valence-electron chi connectivity index (χ4n) is 7.93. The molecule has 218 valence electrons. The number of carbonyl (C=O) groups excluding carboxylic acids is 3. The Kier molecular flexibility index (Phi) is 10.2. The average Bonchev–Trinajstić information content (AvgIpc) is 3.53. The van der Waals surface area contributed by atoms with Crippen molar-refractivity contribution in [3.8, 4) is 0 Å². The first kappa shape index (κ1) is 30.2. The minimum absolute atomic E-state index is 0.0190. The van der Waals surface area contributed by atoms with Gasteiger partial charge in [-0.15, -0.1) is 24.9 Å². The minimum atomic E-state index is -0.587. The molecule has 0 aromatic rings. The van der Waals surface area contributed by atoms with Gasteiger partial charge in [-0.3, -0.25) is 14.4 Å². The topological polar surface area (TPSA) is 81.2 Å². The molecule has 4 aliphatic rings. The molecule has 39 heavy (non-hydrogen) atoms. The van der Waals surface area contributed by atoms with E-state index in [1.165, 1.54) is 6.42 Å². The van der Waals surface area contributed by atoms with Crippen LogP contribution >= 0.6 is 11.8 Å². The fraction of sp³-hybridized carbons (Fsp3) is 0.774. The molecule has 3 unspecified atom stereocenters. The molecular weight excluding hydrogens is 510 g/mol. The van der Waals surface area contributed by atoms with Crippen LogP contribution in [0.2, 0.25) is 0 Å². The standard InChI is InChI=1S/C31H49N3O4S/c1-5-16-32(17-6-2)28(36)25-24-21-22(4)31(39-24)26(25)29(37)34(19-12-9-13-20-35)27(31)30(38)33(18-7-3)23-14-10-8-11-15-23/h5,7,22-27,35H,1,3,6,8-21H2,2,4H3/t22?,24-,25+,26+,27?,31?/m1/s1. The third kappa shape index (κ3) is 5.44. The quantitative estimate of drug-likeness (QED) is 0.254. The Balaban J connectivity index is 1.72. The number of fused-ring (bicyclic) bond motifs is 1. The van der Waals surface area contributed by atoms with Crippen LogP contribution in [0, 0.1) is 17.8 Å². The van der Waals surface area contributed by atoms with Crippen molar-refractivity contribution in [1.82, 2.24) is 14.7 Å². The van der Waals surface area contributed by atoms with Gasteiger partial charge in [-0.05, 0) is 50.9 Å². The van der Waals surface area contributed by atoms with E-state index in [0.717, 1.165) is 51.4 Å². The summed E-state index contributed by atoms with van der Waals surface area (Å²) >= 11 is 1.77. The van der Waals surface area contributed by atoms with E-state index >= 15 is 0 Å². The van der Waals surface area contributed by atoms with Gasteiger partial charge in [-0.2, -0.15) is 0 Å². The molecule has 4 rings (SSSR count). The van der Waals surface area contributed by atoms with E-state index in [-0.39, 0.29) is 41.5 Å². The monoisotopic (exact) mass is 559 g/mol. The summed E-state index contributed by atoms with van der Waals surface area (Å²) in [6.45, 7) is 14.3. The number of thioether (sulfide) groups is 1. The van der Waals surface area contributed by atoms with Crippen LogP contribution in [-0.2, 0) is 14.4 Å². The molecule has 3 aliphatic heterocycles. The lowest BCUT2D eigenvalue weighted by Gasteiger charge is -2.43. The molecule has 3 amide bonds. The number of aliphatic hydroxyl groups excluding tert-OH is 1. The van der Waals surface area contributed by atoms with Crippen molar-refractivity contribution >= 4 is 29.5 Å². The molecule has 0 aromatic heterocycles.